The minimum atomic E-state index is -5.09. The Morgan fingerprint density at radius 2 is 0.673 bits per heavy atom. The second kappa shape index (κ2) is 36.1. The molecule has 0 bridgehead atoms. The van der Waals surface area contributed by atoms with Gasteiger partial charge in [0.05, 0.1) is 0 Å². The molecule has 0 fully saturated rings. The molecule has 0 rings (SSSR count). The third-order valence-electron chi connectivity index (χ3n) is 9.98. The number of hydrogen-bond acceptors (Lipinski definition) is 9. The Hall–Kier alpha value is 0.259. The molecule has 0 aliphatic carbocycles. The standard InChI is InChI=1S/C12H25.3C11H22O2S.Sn/c1-3-5-7-9-11-12-10-8-6-4-2;3*1-9(2)7-5-4-6-8-14-10(3)11(12)13;/h1,3-12H2,2H3;3*9-10H,4-8H2,1-3H3,(H,12,13);/q;;;;+3/p-3. The van der Waals surface area contributed by atoms with E-state index in [1.54, 1.807) is 35.3 Å². The van der Waals surface area contributed by atoms with Gasteiger partial charge in [-0.2, -0.15) is 0 Å². The molecule has 0 saturated carbocycles. The minimum absolute atomic E-state index is 0.347. The van der Waals surface area contributed by atoms with Crippen LogP contribution in [-0.4, -0.2) is 70.5 Å². The number of thioether (sulfide) groups is 3. The van der Waals surface area contributed by atoms with Gasteiger partial charge in [0, 0.05) is 0 Å². The molecule has 0 aliphatic heterocycles. The fourth-order valence-corrected chi connectivity index (χ4v) is 17.0. The van der Waals surface area contributed by atoms with E-state index >= 15 is 0 Å². The number of carbonyl (C=O) groups excluding carboxylic acids is 3. The van der Waals surface area contributed by atoms with E-state index in [0.717, 1.165) is 75.0 Å². The van der Waals surface area contributed by atoms with Crippen molar-refractivity contribution in [3.8, 4) is 0 Å². The monoisotopic (exact) mass is 940 g/mol. The summed E-state index contributed by atoms with van der Waals surface area (Å²) in [7, 11) is 0. The van der Waals surface area contributed by atoms with Crippen LogP contribution in [0.1, 0.15) is 210 Å². The topological polar surface area (TPSA) is 78.9 Å². The van der Waals surface area contributed by atoms with Gasteiger partial charge in [0.2, 0.25) is 0 Å². The van der Waals surface area contributed by atoms with Crippen molar-refractivity contribution in [2.45, 2.75) is 231 Å². The van der Waals surface area contributed by atoms with Crippen molar-refractivity contribution in [2.75, 3.05) is 17.3 Å². The zero-order valence-corrected chi connectivity index (χ0v) is 42.8. The summed E-state index contributed by atoms with van der Waals surface area (Å²) >= 11 is -0.332. The third-order valence-corrected chi connectivity index (χ3v) is 20.8. The van der Waals surface area contributed by atoms with Crippen molar-refractivity contribution >= 4 is 72.8 Å². The molecule has 0 radical (unpaired) electrons. The van der Waals surface area contributed by atoms with Crippen molar-refractivity contribution in [2.24, 2.45) is 17.8 Å². The van der Waals surface area contributed by atoms with Gasteiger partial charge in [-0.05, 0) is 0 Å². The van der Waals surface area contributed by atoms with Gasteiger partial charge in [-0.3, -0.25) is 0 Å². The molecule has 0 spiro atoms. The van der Waals surface area contributed by atoms with Crippen LogP contribution in [0.4, 0.5) is 0 Å². The van der Waals surface area contributed by atoms with Crippen LogP contribution < -0.4 is 0 Å². The van der Waals surface area contributed by atoms with Gasteiger partial charge >= 0.3 is 362 Å². The molecule has 0 N–H and O–H groups in total. The summed E-state index contributed by atoms with van der Waals surface area (Å²) < 4.78 is 19.4. The van der Waals surface area contributed by atoms with Crippen molar-refractivity contribution in [1.29, 1.82) is 0 Å². The molecule has 0 saturated heterocycles. The van der Waals surface area contributed by atoms with Gasteiger partial charge < -0.3 is 0 Å². The number of hydrogen-bond donors (Lipinski definition) is 0. The zero-order valence-electron chi connectivity index (χ0n) is 37.5. The quantitative estimate of drug-likeness (QED) is 0.0444. The summed E-state index contributed by atoms with van der Waals surface area (Å²) in [6.45, 7) is 21.4. The maximum absolute atomic E-state index is 13.8. The molecule has 0 aromatic rings. The van der Waals surface area contributed by atoms with Crippen LogP contribution in [0.3, 0.4) is 0 Å². The van der Waals surface area contributed by atoms with E-state index in [0.29, 0.717) is 28.6 Å². The first-order valence-corrected chi connectivity index (χ1v) is 31.4. The summed E-state index contributed by atoms with van der Waals surface area (Å²) in [5.74, 6) is 3.48. The summed E-state index contributed by atoms with van der Waals surface area (Å²) in [4.78, 5) is 41.4. The molecule has 55 heavy (non-hydrogen) atoms. The van der Waals surface area contributed by atoms with Crippen LogP contribution in [0.2, 0.25) is 4.44 Å². The first-order chi connectivity index (χ1) is 26.2. The Kier molecular flexibility index (Phi) is 36.3. The second-order valence-electron chi connectivity index (χ2n) is 17.1. The zero-order chi connectivity index (χ0) is 41.3. The molecule has 0 amide bonds. The average molecular weight is 940 g/mol. The maximum atomic E-state index is 13.8. The molecule has 326 valence electrons. The number of carbonyl (C=O) groups is 3. The predicted molar refractivity (Wildman–Crippen MR) is 246 cm³/mol. The van der Waals surface area contributed by atoms with Crippen LogP contribution in [0.25, 0.3) is 0 Å². The van der Waals surface area contributed by atoms with Crippen LogP contribution in [-0.2, 0) is 23.6 Å². The normalized spacial score (nSPS) is 14.6. The van der Waals surface area contributed by atoms with Crippen LogP contribution >= 0.6 is 35.3 Å². The Labute approximate surface area is 359 Å². The molecular weight excluding hydrogens is 851 g/mol. The second-order valence-corrected chi connectivity index (χ2v) is 28.6. The Morgan fingerprint density at radius 3 is 0.964 bits per heavy atom. The van der Waals surface area contributed by atoms with Gasteiger partial charge in [0.15, 0.2) is 0 Å². The molecule has 0 aromatic carbocycles. The van der Waals surface area contributed by atoms with Gasteiger partial charge in [-0.15, -0.1) is 0 Å². The van der Waals surface area contributed by atoms with E-state index in [1.165, 1.54) is 77.0 Å². The van der Waals surface area contributed by atoms with E-state index in [2.05, 4.69) is 48.5 Å². The molecule has 6 nitrogen and oxygen atoms in total. The molecule has 3 atom stereocenters. The van der Waals surface area contributed by atoms with Gasteiger partial charge in [0.25, 0.3) is 0 Å². The molecule has 0 aromatic heterocycles. The van der Waals surface area contributed by atoms with E-state index in [4.69, 9.17) is 9.22 Å². The van der Waals surface area contributed by atoms with Crippen molar-refractivity contribution in [3.63, 3.8) is 0 Å². The predicted octanol–water partition coefficient (Wildman–Crippen LogP) is 14.5. The van der Waals surface area contributed by atoms with Gasteiger partial charge in [0.1, 0.15) is 0 Å². The Bertz CT molecular complexity index is 852. The summed E-state index contributed by atoms with van der Waals surface area (Å²) in [6.07, 6.45) is 25.4. The Balaban J connectivity index is 5.85. The molecule has 0 heterocycles. The van der Waals surface area contributed by atoms with Crippen LogP contribution in [0.5, 0.6) is 0 Å². The molecular formula is C45H88O6S3Sn. The van der Waals surface area contributed by atoms with E-state index < -0.39 is 53.3 Å². The van der Waals surface area contributed by atoms with Crippen LogP contribution in [0, 0.1) is 17.8 Å². The molecule has 3 unspecified atom stereocenters. The molecule has 10 heteroatoms. The fraction of sp³-hybridized carbons (Fsp3) is 0.933. The number of unbranched alkanes of at least 4 members (excludes halogenated alkanes) is 15. The first-order valence-electron chi connectivity index (χ1n) is 22.8. The Morgan fingerprint density at radius 1 is 0.400 bits per heavy atom. The van der Waals surface area contributed by atoms with E-state index in [1.807, 2.05) is 20.8 Å². The van der Waals surface area contributed by atoms with E-state index in [9.17, 15) is 14.4 Å². The summed E-state index contributed by atoms with van der Waals surface area (Å²) in [5.41, 5.74) is 0. The van der Waals surface area contributed by atoms with E-state index in [-0.39, 0.29) is 0 Å². The average Bonchev–Trinajstić information content (AvgIpc) is 3.12. The van der Waals surface area contributed by atoms with Crippen LogP contribution in [0.15, 0.2) is 0 Å². The van der Waals surface area contributed by atoms with Crippen molar-refractivity contribution in [3.05, 3.63) is 0 Å². The van der Waals surface area contributed by atoms with Crippen molar-refractivity contribution in [1.82, 2.24) is 0 Å². The molecule has 0 aliphatic rings. The van der Waals surface area contributed by atoms with Gasteiger partial charge in [-0.25, -0.2) is 0 Å². The van der Waals surface area contributed by atoms with Crippen molar-refractivity contribution < 1.29 is 23.6 Å². The number of rotatable bonds is 38. The SMILES string of the molecule is CCCCCCCCCCC[CH2][Sn]([O]C(=O)C(C)SCCCCCC(C)C)([O]C(=O)C(C)SCCCCCC(C)C)[O]C(=O)C(C)SCCCCCC(C)C. The summed E-state index contributed by atoms with van der Waals surface area (Å²) in [6, 6.07) is 0. The fourth-order valence-electron chi connectivity index (χ4n) is 6.23. The first kappa shape index (κ1) is 55.3. The summed E-state index contributed by atoms with van der Waals surface area (Å²) in [5, 5.41) is -1.29. The third kappa shape index (κ3) is 32.8. The van der Waals surface area contributed by atoms with Gasteiger partial charge in [-0.1, -0.05) is 0 Å².